The van der Waals surface area contributed by atoms with Crippen molar-refractivity contribution in [2.24, 2.45) is 16.7 Å². The third kappa shape index (κ3) is 13.9. The first-order chi connectivity index (χ1) is 44.4. The third-order valence-electron chi connectivity index (χ3n) is 22.1. The molecule has 0 radical (unpaired) electrons. The highest BCUT2D eigenvalue weighted by molar-refractivity contribution is 6.90. The number of likely N-dealkylation sites (tertiary alicyclic amines) is 1. The Morgan fingerprint density at radius 3 is 2.12 bits per heavy atom. The molecule has 7 fully saturated rings. The topological polar surface area (TPSA) is 162 Å². The minimum atomic E-state index is -2.15. The Morgan fingerprint density at radius 1 is 0.785 bits per heavy atom. The molecule has 19 heteroatoms. The fourth-order valence-corrected chi connectivity index (χ4v) is 22.0. The van der Waals surface area contributed by atoms with Gasteiger partial charge in [-0.1, -0.05) is 71.7 Å². The van der Waals surface area contributed by atoms with E-state index in [0.717, 1.165) is 113 Å². The number of hydrogen-bond acceptors (Lipinski definition) is 13. The van der Waals surface area contributed by atoms with Gasteiger partial charge in [-0.3, -0.25) is 24.7 Å². The summed E-state index contributed by atoms with van der Waals surface area (Å²) in [5, 5.41) is 4.71. The van der Waals surface area contributed by atoms with Crippen molar-refractivity contribution in [3.05, 3.63) is 83.2 Å². The van der Waals surface area contributed by atoms with Crippen molar-refractivity contribution in [1.82, 2.24) is 34.9 Å². The van der Waals surface area contributed by atoms with Crippen molar-refractivity contribution in [2.45, 2.75) is 174 Å². The van der Waals surface area contributed by atoms with Gasteiger partial charge in [-0.15, -0.1) is 5.54 Å². The number of imide groups is 1. The van der Waals surface area contributed by atoms with Crippen molar-refractivity contribution in [3.8, 4) is 34.4 Å². The van der Waals surface area contributed by atoms with E-state index in [9.17, 15) is 19.2 Å². The molecule has 1 N–H and O–H groups in total. The zero-order chi connectivity index (χ0) is 65.7. The Balaban J connectivity index is 0.729. The van der Waals surface area contributed by atoms with Crippen molar-refractivity contribution in [1.29, 1.82) is 0 Å². The minimum Gasteiger partial charge on any atom is -0.468 e. The van der Waals surface area contributed by atoms with Crippen LogP contribution < -0.4 is 24.6 Å². The molecule has 2 bridgehead atoms. The summed E-state index contributed by atoms with van der Waals surface area (Å²) < 4.78 is 42.6. The number of ether oxygens (including phenoxy) is 4. The Bertz CT molecular complexity index is 3660. The second kappa shape index (κ2) is 26.7. The van der Waals surface area contributed by atoms with Crippen LogP contribution in [0.5, 0.6) is 11.8 Å². The van der Waals surface area contributed by atoms with Crippen LogP contribution in [0.2, 0.25) is 16.6 Å². The molecule has 2 aliphatic carbocycles. The minimum absolute atomic E-state index is 0.00297. The van der Waals surface area contributed by atoms with Crippen LogP contribution in [0.15, 0.2) is 60.7 Å². The molecule has 5 saturated heterocycles. The number of hydrogen-bond donors (Lipinski definition) is 1. The number of carbonyl (C=O) groups is 4. The van der Waals surface area contributed by atoms with Crippen LogP contribution in [0.1, 0.15) is 154 Å². The third-order valence-corrected chi connectivity index (χ3v) is 28.4. The molecule has 1 aromatic heterocycles. The van der Waals surface area contributed by atoms with E-state index >= 15 is 4.39 Å². The molecule has 6 heterocycles. The van der Waals surface area contributed by atoms with Crippen molar-refractivity contribution >= 4 is 65.2 Å². The monoisotopic (exact) mass is 1290 g/mol. The molecule has 5 aromatic rings. The van der Waals surface area contributed by atoms with E-state index in [2.05, 4.69) is 79.1 Å². The predicted octanol–water partition coefficient (Wildman–Crippen LogP) is 13.4. The van der Waals surface area contributed by atoms with Crippen molar-refractivity contribution in [3.63, 3.8) is 0 Å². The van der Waals surface area contributed by atoms with E-state index in [1.165, 1.54) is 25.7 Å². The molecule has 7 aliphatic rings. The quantitative estimate of drug-likeness (QED) is 0.0532. The van der Waals surface area contributed by atoms with Crippen LogP contribution in [0, 0.1) is 41.0 Å². The smallest absolute Gasteiger partial charge is 0.410 e. The van der Waals surface area contributed by atoms with E-state index in [4.69, 9.17) is 28.9 Å². The van der Waals surface area contributed by atoms with Gasteiger partial charge in [0.2, 0.25) is 5.91 Å². The molecular weight excluding hydrogens is 1190 g/mol. The van der Waals surface area contributed by atoms with Crippen LogP contribution in [-0.4, -0.2) is 172 Å². The molecule has 2 unspecified atom stereocenters. The lowest BCUT2D eigenvalue weighted by Crippen LogP contribution is -2.57. The summed E-state index contributed by atoms with van der Waals surface area (Å²) in [4.78, 5) is 75.2. The molecule has 5 amide bonds. The van der Waals surface area contributed by atoms with E-state index < -0.39 is 25.5 Å². The van der Waals surface area contributed by atoms with Gasteiger partial charge in [0, 0.05) is 124 Å². The number of halogens is 1. The first kappa shape index (κ1) is 66.2. The number of methoxy groups -OCH3 is 1. The zero-order valence-electron chi connectivity index (χ0n) is 56.9. The second-order valence-corrected chi connectivity index (χ2v) is 35.8. The SMILES string of the molecule is COCOc1cc(-c2ccc3c(N4CC5CCC(C4)N5C(=O)OC(C)(C)C)nc(OCC4(CN5CCN(CC6CCC7(CC6)CCN(C(=O)c6ccc(C)c(N8CCC(=O)NC8=O)c6)CC7)CC5)CC4)nc3c2F)c2c(C#C[Si](C(C)C)(C(C)C)C(C)C)cccc2c1. The number of fused-ring (bicyclic) bond motifs is 4. The zero-order valence-corrected chi connectivity index (χ0v) is 57.9. The first-order valence-corrected chi connectivity index (χ1v) is 36.8. The molecule has 2 saturated carbocycles. The molecule has 93 heavy (non-hydrogen) atoms. The highest BCUT2D eigenvalue weighted by atomic mass is 28.3. The van der Waals surface area contributed by atoms with Gasteiger partial charge in [0.05, 0.1) is 18.7 Å². The Kier molecular flexibility index (Phi) is 19.0. The van der Waals surface area contributed by atoms with Gasteiger partial charge in [0.15, 0.2) is 12.6 Å². The number of rotatable bonds is 17. The van der Waals surface area contributed by atoms with Crippen molar-refractivity contribution < 1.29 is 42.5 Å². The molecule has 498 valence electrons. The fraction of sp³-hybridized carbons (Fsp3) is 0.595. The summed E-state index contributed by atoms with van der Waals surface area (Å²) in [6, 6.07) is 18.9. The number of carbonyl (C=O) groups excluding carboxylic acids is 4. The lowest BCUT2D eigenvalue weighted by atomic mass is 9.65. The number of piperidine rings is 1. The summed E-state index contributed by atoms with van der Waals surface area (Å²) in [7, 11) is -0.565. The molecule has 17 nitrogen and oxygen atoms in total. The highest BCUT2D eigenvalue weighted by Crippen LogP contribution is 2.50. The lowest BCUT2D eigenvalue weighted by molar-refractivity contribution is -0.120. The van der Waals surface area contributed by atoms with E-state index in [0.29, 0.717) is 88.1 Å². The van der Waals surface area contributed by atoms with E-state index in [1.54, 1.807) is 12.0 Å². The molecule has 1 spiro atoms. The number of amides is 5. The number of nitrogens with one attached hydrogen (secondary N) is 1. The summed E-state index contributed by atoms with van der Waals surface area (Å²) >= 11 is 0. The standard InChI is InChI=1S/C74H98FN9O8Si/c1-48(2)93(49(3)4,50(5)6)38-24-53-13-12-14-54-39-58(91-47-89-11)41-61(64(53)54)59-19-20-60-66(65(59)75)77-69(78-67(60)82-43-56-17-18-57(44-82)84(56)71(88)92-72(8,9)10)90-46-74(27-28-74)45-80-36-34-79(35-37-80)42-52-21-25-73(26-22-52)29-32-81(33-30-73)68(86)55-16-15-51(7)62(40-55)83-31-23-63(85)76-70(83)87/h12-16,19-20,39-41,48-50,52,56-57H,17-18,21-23,25-37,42-47H2,1-11H3,(H,76,85,87). The Morgan fingerprint density at radius 2 is 1.47 bits per heavy atom. The van der Waals surface area contributed by atoms with Crippen LogP contribution in [0.25, 0.3) is 32.8 Å². The Hall–Kier alpha value is -6.85. The first-order valence-electron chi connectivity index (χ1n) is 34.5. The molecule has 5 aliphatic heterocycles. The predicted molar refractivity (Wildman–Crippen MR) is 366 cm³/mol. The number of urea groups is 1. The lowest BCUT2D eigenvalue weighted by Gasteiger charge is -2.47. The average Bonchev–Trinajstić information content (AvgIpc) is 1.41. The van der Waals surface area contributed by atoms with Crippen LogP contribution in [0.4, 0.5) is 25.5 Å². The largest absolute Gasteiger partial charge is 0.468 e. The maximum atomic E-state index is 18.4. The summed E-state index contributed by atoms with van der Waals surface area (Å²) in [6.07, 6.45) is 10.5. The maximum Gasteiger partial charge on any atom is 0.410 e. The van der Waals surface area contributed by atoms with Crippen LogP contribution in [0.3, 0.4) is 0 Å². The molecule has 2 atom stereocenters. The number of nitrogens with zero attached hydrogens (tertiary/aromatic N) is 8. The number of benzene rings is 4. The van der Waals surface area contributed by atoms with Gasteiger partial charge < -0.3 is 38.5 Å². The number of piperazine rings is 2. The fourth-order valence-electron chi connectivity index (χ4n) is 16.7. The van der Waals surface area contributed by atoms with Crippen molar-refractivity contribution in [2.75, 3.05) is 102 Å². The maximum absolute atomic E-state index is 18.4. The summed E-state index contributed by atoms with van der Waals surface area (Å²) in [5.74, 6) is 4.77. The number of aromatic nitrogens is 2. The average molecular weight is 1290 g/mol. The van der Waals surface area contributed by atoms with E-state index in [1.807, 2.05) is 92.1 Å². The van der Waals surface area contributed by atoms with Gasteiger partial charge in [0.25, 0.3) is 5.91 Å². The molecule has 4 aromatic carbocycles. The molecular formula is C74H98FN9O8Si. The Labute approximate surface area is 550 Å². The van der Waals surface area contributed by atoms with Gasteiger partial charge in [-0.05, 0) is 173 Å². The second-order valence-electron chi connectivity index (χ2n) is 30.3. The van der Waals surface area contributed by atoms with Crippen LogP contribution in [-0.2, 0) is 14.3 Å². The van der Waals surface area contributed by atoms with Gasteiger partial charge in [-0.25, -0.2) is 14.0 Å². The molecule has 12 rings (SSSR count). The summed E-state index contributed by atoms with van der Waals surface area (Å²) in [6.45, 7) is 30.8. The van der Waals surface area contributed by atoms with Gasteiger partial charge >= 0.3 is 18.1 Å². The number of aryl methyl sites for hydroxylation is 1. The normalized spacial score (nSPS) is 21.3. The van der Waals surface area contributed by atoms with Gasteiger partial charge in [0.1, 0.15) is 30.8 Å². The summed E-state index contributed by atoms with van der Waals surface area (Å²) in [5.41, 5.74) is 9.01. The number of anilines is 2. The van der Waals surface area contributed by atoms with E-state index in [-0.39, 0.29) is 65.6 Å². The van der Waals surface area contributed by atoms with Gasteiger partial charge in [-0.2, -0.15) is 9.97 Å². The highest BCUT2D eigenvalue weighted by Gasteiger charge is 2.48. The van der Waals surface area contributed by atoms with Crippen LogP contribution >= 0.6 is 0 Å².